The predicted octanol–water partition coefficient (Wildman–Crippen LogP) is 3.82. The van der Waals surface area contributed by atoms with Gasteiger partial charge in [0.2, 0.25) is 5.82 Å². The molecule has 22 heavy (non-hydrogen) atoms. The second kappa shape index (κ2) is 4.47. The van der Waals surface area contributed by atoms with Gasteiger partial charge in [-0.25, -0.2) is 4.39 Å². The highest BCUT2D eigenvalue weighted by molar-refractivity contribution is 5.87. The van der Waals surface area contributed by atoms with Crippen molar-refractivity contribution in [3.8, 4) is 0 Å². The number of pyridine rings is 1. The van der Waals surface area contributed by atoms with E-state index in [2.05, 4.69) is 10.3 Å². The molecular formula is C15H14F4N2O. The summed E-state index contributed by atoms with van der Waals surface area (Å²) in [6, 6.07) is 2.76. The van der Waals surface area contributed by atoms with Crippen LogP contribution in [0.5, 0.6) is 0 Å². The van der Waals surface area contributed by atoms with Gasteiger partial charge >= 0.3 is 6.18 Å². The first-order valence-electron chi connectivity index (χ1n) is 6.82. The number of fused-ring (bicyclic) bond motifs is 2. The highest BCUT2D eigenvalue weighted by Gasteiger charge is 2.38. The van der Waals surface area contributed by atoms with Gasteiger partial charge in [0, 0.05) is 16.6 Å². The maximum absolute atomic E-state index is 13.7. The number of aryl methyl sites for hydroxylation is 1. The first-order chi connectivity index (χ1) is 10.1. The summed E-state index contributed by atoms with van der Waals surface area (Å²) in [5.41, 5.74) is -1.73. The zero-order valence-electron chi connectivity index (χ0n) is 12.0. The van der Waals surface area contributed by atoms with Crippen molar-refractivity contribution in [1.29, 1.82) is 0 Å². The predicted molar refractivity (Wildman–Crippen MR) is 75.6 cm³/mol. The Morgan fingerprint density at radius 1 is 1.23 bits per heavy atom. The number of anilines is 1. The lowest BCUT2D eigenvalue weighted by Crippen LogP contribution is -2.35. The van der Waals surface area contributed by atoms with Gasteiger partial charge < -0.3 is 10.3 Å². The average Bonchev–Trinajstić information content (AvgIpc) is 2.36. The normalized spacial score (nSPS) is 17.2. The zero-order valence-corrected chi connectivity index (χ0v) is 12.0. The Morgan fingerprint density at radius 2 is 1.91 bits per heavy atom. The molecule has 2 N–H and O–H groups in total. The molecule has 0 aliphatic carbocycles. The maximum Gasteiger partial charge on any atom is 0.420 e. The van der Waals surface area contributed by atoms with E-state index in [1.54, 1.807) is 0 Å². The lowest BCUT2D eigenvalue weighted by Gasteiger charge is -2.34. The molecule has 3 rings (SSSR count). The molecule has 2 heterocycles. The fourth-order valence-corrected chi connectivity index (χ4v) is 2.84. The second-order valence-electron chi connectivity index (χ2n) is 6.20. The van der Waals surface area contributed by atoms with Crippen LogP contribution in [0.2, 0.25) is 0 Å². The highest BCUT2D eigenvalue weighted by atomic mass is 19.4. The van der Waals surface area contributed by atoms with E-state index in [0.717, 1.165) is 6.42 Å². The van der Waals surface area contributed by atoms with Crippen LogP contribution >= 0.6 is 0 Å². The highest BCUT2D eigenvalue weighted by Crippen LogP contribution is 2.39. The van der Waals surface area contributed by atoms with Gasteiger partial charge in [0.05, 0.1) is 5.52 Å². The molecule has 7 heteroatoms. The molecule has 3 nitrogen and oxygen atoms in total. The van der Waals surface area contributed by atoms with Crippen LogP contribution in [0.3, 0.4) is 0 Å². The van der Waals surface area contributed by atoms with Crippen LogP contribution in [0.4, 0.5) is 23.2 Å². The van der Waals surface area contributed by atoms with Crippen LogP contribution in [0.25, 0.3) is 10.9 Å². The van der Waals surface area contributed by atoms with Crippen molar-refractivity contribution in [3.05, 3.63) is 39.4 Å². The summed E-state index contributed by atoms with van der Waals surface area (Å²) in [7, 11) is 0. The van der Waals surface area contributed by atoms with Crippen LogP contribution in [0, 0.1) is 5.82 Å². The summed E-state index contributed by atoms with van der Waals surface area (Å²) in [6.07, 6.45) is -3.59. The molecule has 0 unspecified atom stereocenters. The summed E-state index contributed by atoms with van der Waals surface area (Å²) >= 11 is 0. The summed E-state index contributed by atoms with van der Waals surface area (Å²) in [5.74, 6) is -1.79. The number of nitrogens with one attached hydrogen (secondary N) is 2. The molecule has 0 radical (unpaired) electrons. The van der Waals surface area contributed by atoms with Gasteiger partial charge in [-0.05, 0) is 44.4 Å². The van der Waals surface area contributed by atoms with Gasteiger partial charge in [-0.2, -0.15) is 13.2 Å². The Morgan fingerprint density at radius 3 is 2.55 bits per heavy atom. The van der Waals surface area contributed by atoms with Crippen LogP contribution < -0.4 is 10.9 Å². The molecule has 1 aromatic carbocycles. The van der Waals surface area contributed by atoms with Crippen molar-refractivity contribution in [2.24, 2.45) is 0 Å². The lowest BCUT2D eigenvalue weighted by molar-refractivity contribution is -0.138. The topological polar surface area (TPSA) is 44.9 Å². The van der Waals surface area contributed by atoms with E-state index in [1.807, 2.05) is 13.8 Å². The minimum Gasteiger partial charge on any atom is -0.380 e. The zero-order chi connectivity index (χ0) is 16.3. The van der Waals surface area contributed by atoms with Gasteiger partial charge in [0.25, 0.3) is 5.56 Å². The molecule has 0 atom stereocenters. The molecule has 2 aromatic rings. The minimum absolute atomic E-state index is 0.0253. The summed E-state index contributed by atoms with van der Waals surface area (Å²) < 4.78 is 53.0. The standard InChI is InChI=1S/C15H14F4N2O/c1-14(2)4-3-7-5-8-10(6-9(7)21-14)20-13(22)12(16)11(8)15(17,18)19/h5-6,21H,3-4H2,1-2H3,(H,20,22). The monoisotopic (exact) mass is 314 g/mol. The molecule has 1 aliphatic rings. The fourth-order valence-electron chi connectivity index (χ4n) is 2.84. The van der Waals surface area contributed by atoms with Gasteiger partial charge in [-0.15, -0.1) is 0 Å². The van der Waals surface area contributed by atoms with Crippen LogP contribution in [0.1, 0.15) is 31.4 Å². The number of rotatable bonds is 0. The van der Waals surface area contributed by atoms with E-state index < -0.39 is 23.1 Å². The molecule has 118 valence electrons. The minimum atomic E-state index is -4.92. The smallest absolute Gasteiger partial charge is 0.380 e. The first kappa shape index (κ1) is 14.9. The van der Waals surface area contributed by atoms with E-state index in [4.69, 9.17) is 0 Å². The third kappa shape index (κ3) is 2.34. The number of hydrogen-bond acceptors (Lipinski definition) is 2. The molecule has 1 aromatic heterocycles. The summed E-state index contributed by atoms with van der Waals surface area (Å²) in [5, 5.41) is 2.91. The molecule has 1 aliphatic heterocycles. The third-order valence-electron chi connectivity index (χ3n) is 3.96. The number of H-pyrrole nitrogens is 1. The van der Waals surface area contributed by atoms with E-state index in [9.17, 15) is 22.4 Å². The van der Waals surface area contributed by atoms with Gasteiger partial charge in [0.1, 0.15) is 5.56 Å². The number of alkyl halides is 3. The molecule has 0 spiro atoms. The quantitative estimate of drug-likeness (QED) is 0.726. The largest absolute Gasteiger partial charge is 0.420 e. The molecular weight excluding hydrogens is 300 g/mol. The molecule has 0 amide bonds. The fraction of sp³-hybridized carbons (Fsp3) is 0.400. The number of halogens is 4. The van der Waals surface area contributed by atoms with Crippen molar-refractivity contribution in [2.75, 3.05) is 5.32 Å². The first-order valence-corrected chi connectivity index (χ1v) is 6.82. The Hall–Kier alpha value is -2.05. The van der Waals surface area contributed by atoms with E-state index in [1.165, 1.54) is 12.1 Å². The average molecular weight is 314 g/mol. The SMILES string of the molecule is CC1(C)CCc2cc3c(C(F)(F)F)c(F)c(=O)[nH]c3cc2N1. The van der Waals surface area contributed by atoms with Crippen LogP contribution in [-0.4, -0.2) is 10.5 Å². The van der Waals surface area contributed by atoms with Gasteiger partial charge in [-0.1, -0.05) is 0 Å². The van der Waals surface area contributed by atoms with Crippen molar-refractivity contribution in [3.63, 3.8) is 0 Å². The van der Waals surface area contributed by atoms with E-state index in [-0.39, 0.29) is 16.4 Å². The van der Waals surface area contributed by atoms with Crippen LogP contribution in [0.15, 0.2) is 16.9 Å². The second-order valence-corrected chi connectivity index (χ2v) is 6.20. The van der Waals surface area contributed by atoms with Crippen LogP contribution in [-0.2, 0) is 12.6 Å². The van der Waals surface area contributed by atoms with Gasteiger partial charge in [0.15, 0.2) is 0 Å². The van der Waals surface area contributed by atoms with E-state index in [0.29, 0.717) is 17.7 Å². The Balaban J connectivity index is 2.34. The Bertz CT molecular complexity index is 821. The van der Waals surface area contributed by atoms with Crippen molar-refractivity contribution in [1.82, 2.24) is 4.98 Å². The lowest BCUT2D eigenvalue weighted by atomic mass is 9.88. The van der Waals surface area contributed by atoms with Crippen molar-refractivity contribution in [2.45, 2.75) is 38.4 Å². The van der Waals surface area contributed by atoms with Crippen molar-refractivity contribution < 1.29 is 17.6 Å². The Kier molecular flexibility index (Phi) is 3.02. The van der Waals surface area contributed by atoms with Crippen molar-refractivity contribution >= 4 is 16.6 Å². The third-order valence-corrected chi connectivity index (χ3v) is 3.96. The number of aromatic nitrogens is 1. The summed E-state index contributed by atoms with van der Waals surface area (Å²) in [4.78, 5) is 13.6. The molecule has 0 saturated heterocycles. The number of hydrogen-bond donors (Lipinski definition) is 2. The molecule has 0 bridgehead atoms. The number of benzene rings is 1. The number of aromatic amines is 1. The molecule has 0 saturated carbocycles. The van der Waals surface area contributed by atoms with Gasteiger partial charge in [-0.3, -0.25) is 4.79 Å². The Labute approximate surface area is 123 Å². The van der Waals surface area contributed by atoms with E-state index >= 15 is 0 Å². The molecule has 0 fully saturated rings. The summed E-state index contributed by atoms with van der Waals surface area (Å²) in [6.45, 7) is 3.96. The maximum atomic E-state index is 13.7.